The lowest BCUT2D eigenvalue weighted by molar-refractivity contribution is 0.561. The van der Waals surface area contributed by atoms with Crippen LogP contribution in [0.4, 0.5) is 0 Å². The largest absolute Gasteiger partial charge is 0.423 e. The van der Waals surface area contributed by atoms with E-state index in [0.29, 0.717) is 5.58 Å². The number of thiophene rings is 1. The molecule has 2 heterocycles. The van der Waals surface area contributed by atoms with Gasteiger partial charge < -0.3 is 4.42 Å². The van der Waals surface area contributed by atoms with Gasteiger partial charge in [-0.05, 0) is 29.6 Å². The zero-order chi connectivity index (χ0) is 9.54. The van der Waals surface area contributed by atoms with Crippen molar-refractivity contribution in [2.75, 3.05) is 0 Å². The summed E-state index contributed by atoms with van der Waals surface area (Å²) in [6, 6.07) is 9.14. The molecule has 0 spiro atoms. The van der Waals surface area contributed by atoms with Crippen LogP contribution in [-0.4, -0.2) is 0 Å². The van der Waals surface area contributed by atoms with E-state index >= 15 is 0 Å². The second kappa shape index (κ2) is 2.69. The van der Waals surface area contributed by atoms with Crippen LogP contribution in [0, 0.1) is 0 Å². The van der Waals surface area contributed by atoms with Crippen molar-refractivity contribution in [3.05, 3.63) is 46.1 Å². The highest BCUT2D eigenvalue weighted by Crippen LogP contribution is 2.27. The van der Waals surface area contributed by atoms with Crippen molar-refractivity contribution in [1.82, 2.24) is 0 Å². The lowest BCUT2D eigenvalue weighted by Crippen LogP contribution is -1.93. The van der Waals surface area contributed by atoms with Crippen molar-refractivity contribution in [2.24, 2.45) is 0 Å². The zero-order valence-electron chi connectivity index (χ0n) is 7.19. The minimum absolute atomic E-state index is 0.299. The van der Waals surface area contributed by atoms with Crippen molar-refractivity contribution in [2.45, 2.75) is 0 Å². The van der Waals surface area contributed by atoms with E-state index < -0.39 is 0 Å². The Balaban J connectivity index is 2.63. The van der Waals surface area contributed by atoms with Crippen molar-refractivity contribution in [3.63, 3.8) is 0 Å². The molecule has 1 aromatic carbocycles. The molecule has 0 atom stereocenters. The van der Waals surface area contributed by atoms with Gasteiger partial charge in [0.1, 0.15) is 5.58 Å². The first-order chi connectivity index (χ1) is 6.84. The summed E-state index contributed by atoms with van der Waals surface area (Å²) in [4.78, 5) is 11.0. The highest BCUT2D eigenvalue weighted by atomic mass is 32.1. The second-order valence-corrected chi connectivity index (χ2v) is 4.01. The van der Waals surface area contributed by atoms with Crippen molar-refractivity contribution in [1.29, 1.82) is 0 Å². The Bertz CT molecular complexity index is 663. The quantitative estimate of drug-likeness (QED) is 0.524. The summed E-state index contributed by atoms with van der Waals surface area (Å²) in [5.74, 6) is 0. The van der Waals surface area contributed by atoms with Gasteiger partial charge in [-0.25, -0.2) is 4.79 Å². The number of fused-ring (bicyclic) bond motifs is 3. The molecule has 2 aromatic heterocycles. The van der Waals surface area contributed by atoms with Gasteiger partial charge in [0.15, 0.2) is 0 Å². The van der Waals surface area contributed by atoms with Gasteiger partial charge in [0.2, 0.25) is 0 Å². The minimum atomic E-state index is -0.299. The lowest BCUT2D eigenvalue weighted by Gasteiger charge is -1.96. The molecule has 14 heavy (non-hydrogen) atoms. The Morgan fingerprint density at radius 1 is 1.00 bits per heavy atom. The summed E-state index contributed by atoms with van der Waals surface area (Å²) in [5, 5.41) is 4.19. The van der Waals surface area contributed by atoms with E-state index in [1.54, 1.807) is 11.3 Å². The first kappa shape index (κ1) is 7.76. The highest BCUT2D eigenvalue weighted by molar-refractivity contribution is 7.17. The summed E-state index contributed by atoms with van der Waals surface area (Å²) < 4.78 is 6.30. The van der Waals surface area contributed by atoms with Gasteiger partial charge in [-0.15, -0.1) is 11.3 Å². The monoisotopic (exact) mass is 202 g/mol. The summed E-state index contributed by atoms with van der Waals surface area (Å²) in [6.45, 7) is 0. The summed E-state index contributed by atoms with van der Waals surface area (Å²) in [6.07, 6.45) is 0. The van der Waals surface area contributed by atoms with E-state index in [4.69, 9.17) is 4.42 Å². The van der Waals surface area contributed by atoms with Crippen LogP contribution >= 0.6 is 11.3 Å². The molecule has 68 valence electrons. The average molecular weight is 202 g/mol. The summed E-state index contributed by atoms with van der Waals surface area (Å²) in [5.41, 5.74) is 0.357. The molecular weight excluding hydrogens is 196 g/mol. The average Bonchev–Trinajstić information content (AvgIpc) is 2.65. The molecule has 0 radical (unpaired) electrons. The minimum Gasteiger partial charge on any atom is -0.423 e. The Kier molecular flexibility index (Phi) is 1.49. The molecule has 3 heteroatoms. The standard InChI is InChI=1S/C11H6O2S/c12-11-4-1-7-8-5-6-14-10(8)3-2-9(7)13-11/h1-6H. The van der Waals surface area contributed by atoms with Crippen LogP contribution in [0.15, 0.2) is 44.9 Å². The van der Waals surface area contributed by atoms with Crippen LogP contribution in [0.1, 0.15) is 0 Å². The summed E-state index contributed by atoms with van der Waals surface area (Å²) >= 11 is 1.69. The van der Waals surface area contributed by atoms with Crippen LogP contribution < -0.4 is 5.63 Å². The second-order valence-electron chi connectivity index (χ2n) is 3.06. The van der Waals surface area contributed by atoms with Gasteiger partial charge in [-0.3, -0.25) is 0 Å². The molecule has 2 nitrogen and oxygen atoms in total. The molecule has 0 fully saturated rings. The van der Waals surface area contributed by atoms with E-state index in [0.717, 1.165) is 10.8 Å². The molecule has 0 amide bonds. The molecule has 0 saturated heterocycles. The lowest BCUT2D eigenvalue weighted by atomic mass is 10.1. The van der Waals surface area contributed by atoms with Crippen molar-refractivity contribution < 1.29 is 4.42 Å². The first-order valence-corrected chi connectivity index (χ1v) is 5.13. The van der Waals surface area contributed by atoms with Crippen LogP contribution in [0.2, 0.25) is 0 Å². The van der Waals surface area contributed by atoms with Crippen LogP contribution in [-0.2, 0) is 0 Å². The maximum Gasteiger partial charge on any atom is 0.336 e. The van der Waals surface area contributed by atoms with E-state index in [2.05, 4.69) is 0 Å². The number of rotatable bonds is 0. The predicted octanol–water partition coefficient (Wildman–Crippen LogP) is 3.01. The van der Waals surface area contributed by atoms with E-state index in [1.165, 1.54) is 10.8 Å². The predicted molar refractivity (Wildman–Crippen MR) is 57.9 cm³/mol. The van der Waals surface area contributed by atoms with Gasteiger partial charge in [0, 0.05) is 21.5 Å². The fraction of sp³-hybridized carbons (Fsp3) is 0. The number of benzene rings is 1. The van der Waals surface area contributed by atoms with Crippen molar-refractivity contribution in [3.8, 4) is 0 Å². The third-order valence-corrected chi connectivity index (χ3v) is 3.12. The first-order valence-electron chi connectivity index (χ1n) is 4.25. The number of hydrogen-bond acceptors (Lipinski definition) is 3. The van der Waals surface area contributed by atoms with Crippen molar-refractivity contribution >= 4 is 32.4 Å². The molecule has 0 saturated carbocycles. The van der Waals surface area contributed by atoms with Gasteiger partial charge in [0.05, 0.1) is 0 Å². The Morgan fingerprint density at radius 3 is 2.86 bits per heavy atom. The molecule has 3 rings (SSSR count). The zero-order valence-corrected chi connectivity index (χ0v) is 8.01. The normalized spacial score (nSPS) is 11.1. The molecular formula is C11H6O2S. The fourth-order valence-corrected chi connectivity index (χ4v) is 2.40. The molecule has 0 aliphatic rings. The molecule has 0 aliphatic carbocycles. The van der Waals surface area contributed by atoms with Gasteiger partial charge in [0.25, 0.3) is 0 Å². The van der Waals surface area contributed by atoms with Gasteiger partial charge in [-0.1, -0.05) is 0 Å². The van der Waals surface area contributed by atoms with E-state index in [1.807, 2.05) is 29.6 Å². The fourth-order valence-electron chi connectivity index (χ4n) is 1.60. The Hall–Kier alpha value is -1.61. The molecule has 0 aliphatic heterocycles. The molecule has 0 N–H and O–H groups in total. The Labute approximate surface area is 83.4 Å². The van der Waals surface area contributed by atoms with E-state index in [9.17, 15) is 4.79 Å². The topological polar surface area (TPSA) is 30.2 Å². The highest BCUT2D eigenvalue weighted by Gasteiger charge is 2.02. The summed E-state index contributed by atoms with van der Waals surface area (Å²) in [7, 11) is 0. The van der Waals surface area contributed by atoms with Gasteiger partial charge >= 0.3 is 5.63 Å². The Morgan fingerprint density at radius 2 is 1.93 bits per heavy atom. The number of hydrogen-bond donors (Lipinski definition) is 0. The third kappa shape index (κ3) is 0.992. The maximum atomic E-state index is 11.0. The van der Waals surface area contributed by atoms with E-state index in [-0.39, 0.29) is 5.63 Å². The van der Waals surface area contributed by atoms with Crippen LogP contribution in [0.3, 0.4) is 0 Å². The van der Waals surface area contributed by atoms with Crippen LogP contribution in [0.5, 0.6) is 0 Å². The SMILES string of the molecule is O=c1ccc2c(ccc3sccc32)o1. The van der Waals surface area contributed by atoms with Gasteiger partial charge in [-0.2, -0.15) is 0 Å². The van der Waals surface area contributed by atoms with Crippen LogP contribution in [0.25, 0.3) is 21.1 Å². The molecule has 0 unspecified atom stereocenters. The maximum absolute atomic E-state index is 11.0. The molecule has 3 aromatic rings. The molecule has 0 bridgehead atoms. The smallest absolute Gasteiger partial charge is 0.336 e. The third-order valence-electron chi connectivity index (χ3n) is 2.23.